The molecule has 1 aliphatic heterocycles. The van der Waals surface area contributed by atoms with E-state index < -0.39 is 10.0 Å². The Morgan fingerprint density at radius 2 is 1.54 bits per heavy atom. The summed E-state index contributed by atoms with van der Waals surface area (Å²) in [6.45, 7) is 0.669. The minimum atomic E-state index is -3.82. The Kier molecular flexibility index (Phi) is 7.16. The summed E-state index contributed by atoms with van der Waals surface area (Å²) in [5, 5.41) is 9.88. The number of amides is 1. The first kappa shape index (κ1) is 24.9. The Labute approximate surface area is 216 Å². The molecule has 8 nitrogen and oxygen atoms in total. The predicted molar refractivity (Wildman–Crippen MR) is 141 cm³/mol. The van der Waals surface area contributed by atoms with E-state index in [-0.39, 0.29) is 22.7 Å². The molecule has 1 aliphatic rings. The van der Waals surface area contributed by atoms with Crippen molar-refractivity contribution in [3.05, 3.63) is 108 Å². The molecular weight excluding hydrogens is 486 g/mol. The van der Waals surface area contributed by atoms with Gasteiger partial charge < -0.3 is 4.90 Å². The Hall–Kier alpha value is -3.82. The van der Waals surface area contributed by atoms with E-state index in [1.807, 2.05) is 53.4 Å². The van der Waals surface area contributed by atoms with Crippen molar-refractivity contribution in [1.29, 1.82) is 0 Å². The van der Waals surface area contributed by atoms with E-state index in [0.717, 1.165) is 31.2 Å². The number of rotatable bonds is 7. The van der Waals surface area contributed by atoms with Crippen molar-refractivity contribution in [1.82, 2.24) is 19.7 Å². The monoisotopic (exact) mass is 515 g/mol. The number of hydrogen-bond donors (Lipinski definition) is 1. The Balaban J connectivity index is 1.48. The smallest absolute Gasteiger partial charge is 0.293 e. The molecule has 0 spiro atoms. The molecular formula is C28H29N5O3S. The van der Waals surface area contributed by atoms with E-state index in [9.17, 15) is 13.2 Å². The highest BCUT2D eigenvalue weighted by molar-refractivity contribution is 7.89. The first-order valence-corrected chi connectivity index (χ1v) is 13.9. The second-order valence-electron chi connectivity index (χ2n) is 9.30. The van der Waals surface area contributed by atoms with Crippen LogP contribution in [0.3, 0.4) is 0 Å². The van der Waals surface area contributed by atoms with Crippen molar-refractivity contribution >= 4 is 15.9 Å². The van der Waals surface area contributed by atoms with Gasteiger partial charge in [0.2, 0.25) is 15.8 Å². The van der Waals surface area contributed by atoms with Crippen LogP contribution in [0.5, 0.6) is 0 Å². The van der Waals surface area contributed by atoms with E-state index in [0.29, 0.717) is 24.5 Å². The summed E-state index contributed by atoms with van der Waals surface area (Å²) in [4.78, 5) is 20.3. The van der Waals surface area contributed by atoms with Crippen molar-refractivity contribution in [3.8, 4) is 5.69 Å². The zero-order valence-electron chi connectivity index (χ0n) is 20.4. The van der Waals surface area contributed by atoms with Crippen LogP contribution in [0.4, 0.5) is 0 Å². The maximum atomic E-state index is 13.7. The highest BCUT2D eigenvalue weighted by atomic mass is 32.2. The van der Waals surface area contributed by atoms with Gasteiger partial charge in [0.1, 0.15) is 5.82 Å². The number of benzene rings is 3. The summed E-state index contributed by atoms with van der Waals surface area (Å²) in [7, 11) is -3.82. The lowest BCUT2D eigenvalue weighted by Crippen LogP contribution is -2.45. The molecule has 4 aromatic rings. The van der Waals surface area contributed by atoms with Crippen molar-refractivity contribution in [2.45, 2.75) is 43.0 Å². The van der Waals surface area contributed by atoms with Crippen LogP contribution in [0.15, 0.2) is 89.8 Å². The van der Waals surface area contributed by atoms with E-state index in [2.05, 4.69) is 22.2 Å². The van der Waals surface area contributed by atoms with Crippen LogP contribution in [0.1, 0.15) is 46.8 Å². The number of likely N-dealkylation sites (tertiary alicyclic amines) is 1. The maximum absolute atomic E-state index is 13.7. The van der Waals surface area contributed by atoms with Gasteiger partial charge in [0, 0.05) is 19.0 Å². The third kappa shape index (κ3) is 5.79. The van der Waals surface area contributed by atoms with Crippen molar-refractivity contribution in [2.75, 3.05) is 6.54 Å². The molecule has 1 saturated heterocycles. The molecule has 5 rings (SSSR count). The zero-order chi connectivity index (χ0) is 25.8. The highest BCUT2D eigenvalue weighted by Gasteiger charge is 2.31. The number of carbonyl (C=O) groups is 1. The van der Waals surface area contributed by atoms with E-state index in [1.54, 1.807) is 16.8 Å². The first-order chi connectivity index (χ1) is 17.9. The molecule has 3 aromatic carbocycles. The molecule has 1 atom stereocenters. The van der Waals surface area contributed by atoms with Crippen LogP contribution < -0.4 is 5.14 Å². The van der Waals surface area contributed by atoms with Gasteiger partial charge >= 0.3 is 0 Å². The molecule has 37 heavy (non-hydrogen) atoms. The molecule has 0 radical (unpaired) electrons. The highest BCUT2D eigenvalue weighted by Crippen LogP contribution is 2.23. The number of piperidine rings is 1. The Morgan fingerprint density at radius 1 is 0.892 bits per heavy atom. The van der Waals surface area contributed by atoms with Gasteiger partial charge in [-0.3, -0.25) is 4.79 Å². The van der Waals surface area contributed by atoms with E-state index in [4.69, 9.17) is 5.14 Å². The minimum absolute atomic E-state index is 0.00865. The topological polar surface area (TPSA) is 111 Å². The van der Waals surface area contributed by atoms with Crippen LogP contribution in [0.25, 0.3) is 5.69 Å². The number of sulfonamides is 1. The van der Waals surface area contributed by atoms with Crippen LogP contribution in [0.2, 0.25) is 0 Å². The standard InChI is InChI=1S/C28H29N5O3S/c29-37(35,36)25-16-14-23(15-17-25)33-26(20-22-11-5-2-6-12-22)30-27(31-33)28(34)32-18-8-7-13-24(32)19-21-9-3-1-4-10-21/h1-6,9-12,14-17,24H,7-8,13,18-20H2,(H2,29,35,36). The first-order valence-electron chi connectivity index (χ1n) is 12.4. The lowest BCUT2D eigenvalue weighted by molar-refractivity contribution is 0.0601. The van der Waals surface area contributed by atoms with E-state index in [1.165, 1.54) is 17.7 Å². The molecule has 0 aliphatic carbocycles. The normalized spacial score (nSPS) is 16.0. The van der Waals surface area contributed by atoms with Gasteiger partial charge in [-0.15, -0.1) is 5.10 Å². The molecule has 2 N–H and O–H groups in total. The van der Waals surface area contributed by atoms with Gasteiger partial charge in [-0.1, -0.05) is 60.7 Å². The van der Waals surface area contributed by atoms with Crippen LogP contribution in [-0.2, 0) is 22.9 Å². The number of hydrogen-bond acceptors (Lipinski definition) is 5. The van der Waals surface area contributed by atoms with Crippen molar-refractivity contribution in [2.24, 2.45) is 5.14 Å². The number of primary sulfonamides is 1. The Bertz CT molecular complexity index is 1470. The van der Waals surface area contributed by atoms with Crippen LogP contribution in [0, 0.1) is 0 Å². The molecule has 0 saturated carbocycles. The molecule has 0 bridgehead atoms. The number of aromatic nitrogens is 3. The fourth-order valence-corrected chi connectivity index (χ4v) is 5.32. The van der Waals surface area contributed by atoms with Gasteiger partial charge in [0.25, 0.3) is 5.91 Å². The lowest BCUT2D eigenvalue weighted by Gasteiger charge is -2.35. The predicted octanol–water partition coefficient (Wildman–Crippen LogP) is 3.74. The average Bonchev–Trinajstić information content (AvgIpc) is 3.33. The molecule has 1 unspecified atom stereocenters. The van der Waals surface area contributed by atoms with Gasteiger partial charge in [0.05, 0.1) is 10.6 Å². The van der Waals surface area contributed by atoms with Gasteiger partial charge in [0.15, 0.2) is 0 Å². The summed E-state index contributed by atoms with van der Waals surface area (Å²) >= 11 is 0. The van der Waals surface area contributed by atoms with Gasteiger partial charge in [-0.05, 0) is 61.1 Å². The van der Waals surface area contributed by atoms with Gasteiger partial charge in [-0.25, -0.2) is 23.2 Å². The van der Waals surface area contributed by atoms with Crippen LogP contribution in [-0.4, -0.2) is 46.6 Å². The quantitative estimate of drug-likeness (QED) is 0.403. The third-order valence-electron chi connectivity index (χ3n) is 6.68. The van der Waals surface area contributed by atoms with Crippen molar-refractivity contribution < 1.29 is 13.2 Å². The second kappa shape index (κ2) is 10.7. The van der Waals surface area contributed by atoms with E-state index >= 15 is 0 Å². The fourth-order valence-electron chi connectivity index (χ4n) is 4.81. The summed E-state index contributed by atoms with van der Waals surface area (Å²) in [6, 6.07) is 26.2. The molecule has 1 aromatic heterocycles. The molecule has 9 heteroatoms. The Morgan fingerprint density at radius 3 is 2.19 bits per heavy atom. The second-order valence-corrected chi connectivity index (χ2v) is 10.9. The lowest BCUT2D eigenvalue weighted by atomic mass is 9.95. The summed E-state index contributed by atoms with van der Waals surface area (Å²) in [5.41, 5.74) is 2.82. The van der Waals surface area contributed by atoms with Crippen LogP contribution >= 0.6 is 0 Å². The molecule has 2 heterocycles. The number of carbonyl (C=O) groups excluding carboxylic acids is 1. The average molecular weight is 516 g/mol. The zero-order valence-corrected chi connectivity index (χ0v) is 21.2. The molecule has 1 fully saturated rings. The number of nitrogens with two attached hydrogens (primary N) is 1. The molecule has 190 valence electrons. The maximum Gasteiger partial charge on any atom is 0.293 e. The van der Waals surface area contributed by atoms with Gasteiger partial charge in [-0.2, -0.15) is 0 Å². The van der Waals surface area contributed by atoms with Crippen molar-refractivity contribution in [3.63, 3.8) is 0 Å². The third-order valence-corrected chi connectivity index (χ3v) is 7.61. The molecule has 1 amide bonds. The number of nitrogens with zero attached hydrogens (tertiary/aromatic N) is 4. The summed E-state index contributed by atoms with van der Waals surface area (Å²) < 4.78 is 25.0. The largest absolute Gasteiger partial charge is 0.333 e. The SMILES string of the molecule is NS(=O)(=O)c1ccc(-n2nc(C(=O)N3CCCCC3Cc3ccccc3)nc2Cc2ccccc2)cc1. The minimum Gasteiger partial charge on any atom is -0.333 e. The summed E-state index contributed by atoms with van der Waals surface area (Å²) in [6.07, 6.45) is 4.22. The summed E-state index contributed by atoms with van der Waals surface area (Å²) in [5.74, 6) is 0.547. The fraction of sp³-hybridized carbons (Fsp3) is 0.250.